The van der Waals surface area contributed by atoms with E-state index in [2.05, 4.69) is 26.7 Å². The van der Waals surface area contributed by atoms with E-state index in [9.17, 15) is 14.4 Å². The zero-order chi connectivity index (χ0) is 28.0. The Morgan fingerprint density at radius 3 is 2.24 bits per heavy atom. The molecule has 0 spiro atoms. The number of benzene rings is 1. The van der Waals surface area contributed by atoms with Crippen LogP contribution in [0.1, 0.15) is 60.6 Å². The molecule has 0 aliphatic heterocycles. The molecule has 8 nitrogen and oxygen atoms in total. The van der Waals surface area contributed by atoms with Gasteiger partial charge in [-0.25, -0.2) is 9.78 Å². The predicted octanol–water partition coefficient (Wildman–Crippen LogP) is 6.66. The average Bonchev–Trinajstić information content (AvgIpc) is 3.32. The van der Waals surface area contributed by atoms with Gasteiger partial charge in [0.2, 0.25) is 5.91 Å². The number of alkyl carbamates (subject to hydrolysis) is 1. The SMILES string of the molecule is CC.CCC(C)=O.Cc1cc(-c2cccc(-c3csc(NC(=O)CNC(=O)OC(C)(C)C)n3)c2)ccn1. The van der Waals surface area contributed by atoms with Gasteiger partial charge in [0.1, 0.15) is 17.9 Å². The lowest BCUT2D eigenvalue weighted by atomic mass is 10.0. The van der Waals surface area contributed by atoms with Crippen LogP contribution in [0.2, 0.25) is 0 Å². The van der Waals surface area contributed by atoms with Crippen molar-refractivity contribution in [2.75, 3.05) is 11.9 Å². The molecule has 200 valence electrons. The zero-order valence-electron chi connectivity index (χ0n) is 23.0. The van der Waals surface area contributed by atoms with Gasteiger partial charge >= 0.3 is 6.09 Å². The van der Waals surface area contributed by atoms with Crippen LogP contribution in [0.15, 0.2) is 48.0 Å². The minimum absolute atomic E-state index is 0.194. The lowest BCUT2D eigenvalue weighted by Crippen LogP contribution is -2.37. The standard InChI is InChI=1S/C22H24N4O3S.C4H8O.C2H6/c1-14-10-16(8-9-23-14)15-6-5-7-17(11-15)18-13-30-20(25-18)26-19(27)12-24-21(28)29-22(2,3)4;1-3-4(2)5;1-2/h5-11,13H,12H2,1-4H3,(H,24,28)(H,25,26,27);3H2,1-2H3;1-2H3. The highest BCUT2D eigenvalue weighted by Gasteiger charge is 2.17. The molecule has 0 aliphatic rings. The number of pyridine rings is 1. The van der Waals surface area contributed by atoms with Crippen molar-refractivity contribution in [3.8, 4) is 22.4 Å². The minimum atomic E-state index is -0.638. The summed E-state index contributed by atoms with van der Waals surface area (Å²) in [5, 5.41) is 7.47. The van der Waals surface area contributed by atoms with Crippen molar-refractivity contribution in [1.82, 2.24) is 15.3 Å². The van der Waals surface area contributed by atoms with Gasteiger partial charge in [0.25, 0.3) is 0 Å². The number of carbonyl (C=O) groups is 3. The summed E-state index contributed by atoms with van der Waals surface area (Å²) < 4.78 is 5.11. The quantitative estimate of drug-likeness (QED) is 0.372. The largest absolute Gasteiger partial charge is 0.444 e. The summed E-state index contributed by atoms with van der Waals surface area (Å²) in [4.78, 5) is 42.3. The van der Waals surface area contributed by atoms with Crippen LogP contribution < -0.4 is 10.6 Å². The number of hydrogen-bond donors (Lipinski definition) is 2. The number of aromatic nitrogens is 2. The van der Waals surface area contributed by atoms with E-state index in [1.165, 1.54) is 11.3 Å². The second-order valence-corrected chi connectivity index (χ2v) is 9.62. The first-order chi connectivity index (χ1) is 17.5. The fraction of sp³-hybridized carbons (Fsp3) is 0.393. The van der Waals surface area contributed by atoms with Crippen LogP contribution in [0.25, 0.3) is 22.4 Å². The number of amides is 2. The molecule has 0 aliphatic carbocycles. The summed E-state index contributed by atoms with van der Waals surface area (Å²) in [6.07, 6.45) is 1.82. The molecular formula is C28H38N4O4S. The zero-order valence-corrected chi connectivity index (χ0v) is 23.8. The van der Waals surface area contributed by atoms with Gasteiger partial charge in [-0.15, -0.1) is 11.3 Å². The number of ether oxygens (including phenoxy) is 1. The molecule has 37 heavy (non-hydrogen) atoms. The second kappa shape index (κ2) is 15.5. The lowest BCUT2D eigenvalue weighted by molar-refractivity contribution is -0.117. The van der Waals surface area contributed by atoms with Crippen LogP contribution in [-0.2, 0) is 14.3 Å². The lowest BCUT2D eigenvalue weighted by Gasteiger charge is -2.19. The Labute approximate surface area is 223 Å². The van der Waals surface area contributed by atoms with Crippen LogP contribution >= 0.6 is 11.3 Å². The van der Waals surface area contributed by atoms with E-state index in [4.69, 9.17) is 4.74 Å². The first-order valence-corrected chi connectivity index (χ1v) is 13.1. The van der Waals surface area contributed by atoms with Gasteiger partial charge in [-0.3, -0.25) is 9.78 Å². The summed E-state index contributed by atoms with van der Waals surface area (Å²) >= 11 is 1.32. The van der Waals surface area contributed by atoms with E-state index in [1.54, 1.807) is 33.9 Å². The number of aryl methyl sites for hydroxylation is 1. The van der Waals surface area contributed by atoms with E-state index in [1.807, 2.05) is 63.4 Å². The van der Waals surface area contributed by atoms with Gasteiger partial charge in [0.05, 0.1) is 5.69 Å². The van der Waals surface area contributed by atoms with Gasteiger partial charge in [-0.1, -0.05) is 39.0 Å². The van der Waals surface area contributed by atoms with E-state index in [-0.39, 0.29) is 18.2 Å². The van der Waals surface area contributed by atoms with Crippen LogP contribution in [0.3, 0.4) is 0 Å². The molecule has 0 fully saturated rings. The third-order valence-electron chi connectivity index (χ3n) is 4.43. The number of carbonyl (C=O) groups excluding carboxylic acids is 3. The Morgan fingerprint density at radius 2 is 1.65 bits per heavy atom. The Kier molecular flexibility index (Phi) is 13.2. The monoisotopic (exact) mass is 526 g/mol. The number of nitrogens with one attached hydrogen (secondary N) is 2. The summed E-state index contributed by atoms with van der Waals surface area (Å²) in [5.74, 6) is -0.118. The number of rotatable bonds is 6. The molecule has 3 aromatic rings. The maximum absolute atomic E-state index is 12.1. The summed E-state index contributed by atoms with van der Waals surface area (Å²) in [7, 11) is 0. The summed E-state index contributed by atoms with van der Waals surface area (Å²) in [6.45, 7) is 14.5. The Hall–Kier alpha value is -3.59. The van der Waals surface area contributed by atoms with E-state index >= 15 is 0 Å². The highest BCUT2D eigenvalue weighted by molar-refractivity contribution is 7.14. The average molecular weight is 527 g/mol. The number of nitrogens with zero attached hydrogens (tertiary/aromatic N) is 2. The van der Waals surface area contributed by atoms with E-state index in [0.717, 1.165) is 28.1 Å². The van der Waals surface area contributed by atoms with E-state index in [0.29, 0.717) is 11.6 Å². The number of hydrogen-bond acceptors (Lipinski definition) is 7. The third kappa shape index (κ3) is 12.3. The minimum Gasteiger partial charge on any atom is -0.444 e. The molecule has 0 radical (unpaired) electrons. The molecule has 0 unspecified atom stereocenters. The molecule has 0 atom stereocenters. The molecule has 2 aromatic heterocycles. The fourth-order valence-corrected chi connectivity index (χ4v) is 3.41. The highest BCUT2D eigenvalue weighted by atomic mass is 32.1. The normalized spacial score (nSPS) is 10.2. The van der Waals surface area contributed by atoms with Crippen LogP contribution in [0.4, 0.5) is 9.93 Å². The smallest absolute Gasteiger partial charge is 0.408 e. The highest BCUT2D eigenvalue weighted by Crippen LogP contribution is 2.29. The molecule has 2 heterocycles. The molecule has 3 rings (SSSR count). The van der Waals surface area contributed by atoms with Gasteiger partial charge in [0.15, 0.2) is 5.13 Å². The topological polar surface area (TPSA) is 110 Å². The van der Waals surface area contributed by atoms with Crippen LogP contribution in [0.5, 0.6) is 0 Å². The Bertz CT molecular complexity index is 1170. The number of thiazole rings is 1. The summed E-state index contributed by atoms with van der Waals surface area (Å²) in [6, 6.07) is 12.0. The molecule has 1 aromatic carbocycles. The molecule has 2 amide bonds. The third-order valence-corrected chi connectivity index (χ3v) is 5.19. The molecule has 0 saturated carbocycles. The van der Waals surface area contributed by atoms with Crippen LogP contribution in [0, 0.1) is 6.92 Å². The van der Waals surface area contributed by atoms with Crippen molar-refractivity contribution in [3.63, 3.8) is 0 Å². The molecule has 0 saturated heterocycles. The van der Waals surface area contributed by atoms with Gasteiger partial charge in [-0.2, -0.15) is 0 Å². The predicted molar refractivity (Wildman–Crippen MR) is 151 cm³/mol. The van der Waals surface area contributed by atoms with Crippen LogP contribution in [-0.4, -0.2) is 39.9 Å². The first kappa shape index (κ1) is 31.4. The maximum atomic E-state index is 12.1. The van der Waals surface area contributed by atoms with Gasteiger partial charge < -0.3 is 20.2 Å². The first-order valence-electron chi connectivity index (χ1n) is 12.2. The van der Waals surface area contributed by atoms with Crippen molar-refractivity contribution in [3.05, 3.63) is 53.7 Å². The molecule has 0 bridgehead atoms. The molecule has 2 N–H and O–H groups in total. The number of anilines is 1. The van der Waals surface area contributed by atoms with E-state index < -0.39 is 11.7 Å². The number of ketones is 1. The van der Waals surface area contributed by atoms with Crippen molar-refractivity contribution in [2.24, 2.45) is 0 Å². The molecule has 9 heteroatoms. The summed E-state index contributed by atoms with van der Waals surface area (Å²) in [5.41, 5.74) is 4.21. The van der Waals surface area contributed by atoms with Crippen molar-refractivity contribution in [2.45, 2.75) is 67.4 Å². The van der Waals surface area contributed by atoms with Crippen molar-refractivity contribution in [1.29, 1.82) is 0 Å². The fourth-order valence-electron chi connectivity index (χ4n) is 2.68. The van der Waals surface area contributed by atoms with Crippen molar-refractivity contribution >= 4 is 34.3 Å². The number of Topliss-reactive ketones (excluding diaryl/α,β-unsaturated/α-hetero) is 1. The van der Waals surface area contributed by atoms with Crippen molar-refractivity contribution < 1.29 is 19.1 Å². The Balaban J connectivity index is 0.000000874. The maximum Gasteiger partial charge on any atom is 0.408 e. The molecular weight excluding hydrogens is 488 g/mol. The second-order valence-electron chi connectivity index (χ2n) is 8.76. The van der Waals surface area contributed by atoms with Gasteiger partial charge in [0, 0.05) is 29.3 Å². The van der Waals surface area contributed by atoms with Gasteiger partial charge in [-0.05, 0) is 63.9 Å². The Morgan fingerprint density at radius 1 is 1.03 bits per heavy atom.